The molecular formula is C16H15Br2NO3. The lowest BCUT2D eigenvalue weighted by Crippen LogP contribution is -2.13. The SMILES string of the molecule is CCOc1c(Br)cc(C(=O)Nc2ccccc2Br)cc1OC. The van der Waals surface area contributed by atoms with Crippen molar-refractivity contribution in [2.45, 2.75) is 6.92 Å². The molecule has 0 heterocycles. The molecule has 0 atom stereocenters. The number of hydrogen-bond donors (Lipinski definition) is 1. The van der Waals surface area contributed by atoms with Crippen molar-refractivity contribution in [3.8, 4) is 11.5 Å². The largest absolute Gasteiger partial charge is 0.493 e. The van der Waals surface area contributed by atoms with E-state index in [1.165, 1.54) is 0 Å². The number of halogens is 2. The summed E-state index contributed by atoms with van der Waals surface area (Å²) in [6, 6.07) is 10.8. The van der Waals surface area contributed by atoms with Crippen molar-refractivity contribution in [2.75, 3.05) is 19.0 Å². The molecule has 0 spiro atoms. The van der Waals surface area contributed by atoms with E-state index in [0.29, 0.717) is 33.8 Å². The summed E-state index contributed by atoms with van der Waals surface area (Å²) in [5, 5.41) is 2.85. The Balaban J connectivity index is 2.30. The van der Waals surface area contributed by atoms with Crippen molar-refractivity contribution in [1.82, 2.24) is 0 Å². The van der Waals surface area contributed by atoms with Crippen molar-refractivity contribution >= 4 is 43.5 Å². The lowest BCUT2D eigenvalue weighted by atomic mass is 10.2. The third kappa shape index (κ3) is 3.81. The highest BCUT2D eigenvalue weighted by Gasteiger charge is 2.16. The van der Waals surface area contributed by atoms with Crippen LogP contribution in [0.4, 0.5) is 5.69 Å². The zero-order valence-electron chi connectivity index (χ0n) is 12.2. The molecule has 6 heteroatoms. The summed E-state index contributed by atoms with van der Waals surface area (Å²) >= 11 is 6.82. The highest BCUT2D eigenvalue weighted by Crippen LogP contribution is 2.37. The van der Waals surface area contributed by atoms with Gasteiger partial charge in [-0.3, -0.25) is 4.79 Å². The van der Waals surface area contributed by atoms with Crippen LogP contribution in [-0.4, -0.2) is 19.6 Å². The topological polar surface area (TPSA) is 47.6 Å². The summed E-state index contributed by atoms with van der Waals surface area (Å²) in [6.45, 7) is 2.40. The Kier molecular flexibility index (Phi) is 5.85. The molecule has 0 radical (unpaired) electrons. The van der Waals surface area contributed by atoms with E-state index in [2.05, 4.69) is 37.2 Å². The maximum absolute atomic E-state index is 12.4. The highest BCUT2D eigenvalue weighted by atomic mass is 79.9. The summed E-state index contributed by atoms with van der Waals surface area (Å²) in [5.41, 5.74) is 1.18. The highest BCUT2D eigenvalue weighted by molar-refractivity contribution is 9.11. The lowest BCUT2D eigenvalue weighted by molar-refractivity contribution is 0.102. The van der Waals surface area contributed by atoms with Gasteiger partial charge in [-0.05, 0) is 63.0 Å². The van der Waals surface area contributed by atoms with Crippen LogP contribution >= 0.6 is 31.9 Å². The molecule has 0 saturated heterocycles. The maximum Gasteiger partial charge on any atom is 0.255 e. The van der Waals surface area contributed by atoms with Crippen LogP contribution in [0.25, 0.3) is 0 Å². The van der Waals surface area contributed by atoms with Gasteiger partial charge in [-0.25, -0.2) is 0 Å². The summed E-state index contributed by atoms with van der Waals surface area (Å²) in [4.78, 5) is 12.4. The second-order valence-corrected chi connectivity index (χ2v) is 6.07. The van der Waals surface area contributed by atoms with Crippen LogP contribution in [0.3, 0.4) is 0 Å². The predicted octanol–water partition coefficient (Wildman–Crippen LogP) is 4.87. The fourth-order valence-electron chi connectivity index (χ4n) is 1.89. The van der Waals surface area contributed by atoms with E-state index in [9.17, 15) is 4.79 Å². The first-order chi connectivity index (χ1) is 10.6. The molecule has 1 N–H and O–H groups in total. The molecule has 0 aliphatic heterocycles. The molecule has 2 aromatic carbocycles. The number of carbonyl (C=O) groups excluding carboxylic acids is 1. The molecule has 0 bridgehead atoms. The van der Waals surface area contributed by atoms with E-state index in [0.717, 1.165) is 4.47 Å². The fraction of sp³-hybridized carbons (Fsp3) is 0.188. The molecule has 2 aromatic rings. The zero-order chi connectivity index (χ0) is 16.1. The number of para-hydroxylation sites is 1. The van der Waals surface area contributed by atoms with Crippen LogP contribution in [0.1, 0.15) is 17.3 Å². The Labute approximate surface area is 146 Å². The minimum atomic E-state index is -0.228. The van der Waals surface area contributed by atoms with Gasteiger partial charge in [-0.2, -0.15) is 0 Å². The molecule has 2 rings (SSSR count). The third-order valence-electron chi connectivity index (χ3n) is 2.90. The Morgan fingerprint density at radius 3 is 2.55 bits per heavy atom. The molecule has 4 nitrogen and oxygen atoms in total. The molecule has 0 aromatic heterocycles. The number of methoxy groups -OCH3 is 1. The van der Waals surface area contributed by atoms with Crippen molar-refractivity contribution in [2.24, 2.45) is 0 Å². The van der Waals surface area contributed by atoms with Gasteiger partial charge in [-0.15, -0.1) is 0 Å². The standard InChI is InChI=1S/C16H15Br2NO3/c1-3-22-15-12(18)8-10(9-14(15)21-2)16(20)19-13-7-5-4-6-11(13)17/h4-9H,3H2,1-2H3,(H,19,20). The summed E-state index contributed by atoms with van der Waals surface area (Å²) in [7, 11) is 1.54. The first kappa shape index (κ1) is 16.8. The minimum absolute atomic E-state index is 0.228. The summed E-state index contributed by atoms with van der Waals surface area (Å²) < 4.78 is 12.3. The van der Waals surface area contributed by atoms with Gasteiger partial charge in [-0.1, -0.05) is 12.1 Å². The van der Waals surface area contributed by atoms with Gasteiger partial charge in [0.2, 0.25) is 0 Å². The normalized spacial score (nSPS) is 10.2. The van der Waals surface area contributed by atoms with Crippen LogP contribution in [0.15, 0.2) is 45.3 Å². The zero-order valence-corrected chi connectivity index (χ0v) is 15.3. The monoisotopic (exact) mass is 427 g/mol. The van der Waals surface area contributed by atoms with Gasteiger partial charge in [0.1, 0.15) is 0 Å². The minimum Gasteiger partial charge on any atom is -0.493 e. The Morgan fingerprint density at radius 1 is 1.18 bits per heavy atom. The van der Waals surface area contributed by atoms with E-state index < -0.39 is 0 Å². The number of benzene rings is 2. The number of nitrogens with one attached hydrogen (secondary N) is 1. The first-order valence-corrected chi connectivity index (χ1v) is 8.21. The smallest absolute Gasteiger partial charge is 0.255 e. The Morgan fingerprint density at radius 2 is 1.91 bits per heavy atom. The number of carbonyl (C=O) groups is 1. The van der Waals surface area contributed by atoms with Gasteiger partial charge >= 0.3 is 0 Å². The fourth-order valence-corrected chi connectivity index (χ4v) is 2.83. The molecule has 22 heavy (non-hydrogen) atoms. The van der Waals surface area contributed by atoms with Crippen LogP contribution in [0.5, 0.6) is 11.5 Å². The molecular weight excluding hydrogens is 414 g/mol. The maximum atomic E-state index is 12.4. The second kappa shape index (κ2) is 7.65. The van der Waals surface area contributed by atoms with E-state index in [1.54, 1.807) is 19.2 Å². The van der Waals surface area contributed by atoms with Gasteiger partial charge in [0.15, 0.2) is 11.5 Å². The average Bonchev–Trinajstić information content (AvgIpc) is 2.51. The molecule has 0 aliphatic rings. The summed E-state index contributed by atoms with van der Waals surface area (Å²) in [6.07, 6.45) is 0. The number of rotatable bonds is 5. The van der Waals surface area contributed by atoms with E-state index in [-0.39, 0.29) is 5.91 Å². The van der Waals surface area contributed by atoms with Gasteiger partial charge < -0.3 is 14.8 Å². The molecule has 116 valence electrons. The molecule has 0 aliphatic carbocycles. The van der Waals surface area contributed by atoms with E-state index in [1.807, 2.05) is 31.2 Å². The van der Waals surface area contributed by atoms with Gasteiger partial charge in [0, 0.05) is 10.0 Å². The van der Waals surface area contributed by atoms with Crippen molar-refractivity contribution < 1.29 is 14.3 Å². The van der Waals surface area contributed by atoms with Crippen molar-refractivity contribution in [3.63, 3.8) is 0 Å². The van der Waals surface area contributed by atoms with Crippen LogP contribution in [0, 0.1) is 0 Å². The molecule has 0 saturated carbocycles. The number of ether oxygens (including phenoxy) is 2. The number of anilines is 1. The third-order valence-corrected chi connectivity index (χ3v) is 4.18. The quantitative estimate of drug-likeness (QED) is 0.738. The molecule has 0 unspecified atom stereocenters. The second-order valence-electron chi connectivity index (χ2n) is 4.36. The average molecular weight is 429 g/mol. The lowest BCUT2D eigenvalue weighted by Gasteiger charge is -2.13. The number of hydrogen-bond acceptors (Lipinski definition) is 3. The first-order valence-electron chi connectivity index (χ1n) is 6.63. The van der Waals surface area contributed by atoms with Crippen LogP contribution in [-0.2, 0) is 0 Å². The summed E-state index contributed by atoms with van der Waals surface area (Å²) in [5.74, 6) is 0.866. The molecule has 0 fully saturated rings. The van der Waals surface area contributed by atoms with E-state index in [4.69, 9.17) is 9.47 Å². The number of amides is 1. The van der Waals surface area contributed by atoms with Crippen LogP contribution in [0.2, 0.25) is 0 Å². The van der Waals surface area contributed by atoms with Gasteiger partial charge in [0.05, 0.1) is 23.9 Å². The molecule has 1 amide bonds. The van der Waals surface area contributed by atoms with E-state index >= 15 is 0 Å². The Bertz CT molecular complexity index is 689. The predicted molar refractivity (Wildman–Crippen MR) is 94.0 cm³/mol. The van der Waals surface area contributed by atoms with Gasteiger partial charge in [0.25, 0.3) is 5.91 Å². The van der Waals surface area contributed by atoms with Crippen molar-refractivity contribution in [1.29, 1.82) is 0 Å². The Hall–Kier alpha value is -1.53. The van der Waals surface area contributed by atoms with Crippen LogP contribution < -0.4 is 14.8 Å². The van der Waals surface area contributed by atoms with Crippen molar-refractivity contribution in [3.05, 3.63) is 50.9 Å².